The zero-order chi connectivity index (χ0) is 17.8. The summed E-state index contributed by atoms with van der Waals surface area (Å²) in [4.78, 5) is 37.3. The largest absolute Gasteiger partial charge is 0.481 e. The van der Waals surface area contributed by atoms with Crippen molar-refractivity contribution in [3.8, 4) is 0 Å². The number of anilines is 1. The number of rotatable bonds is 4. The van der Waals surface area contributed by atoms with Crippen LogP contribution in [0.5, 0.6) is 0 Å². The molecule has 1 aliphatic carbocycles. The van der Waals surface area contributed by atoms with Crippen LogP contribution in [-0.4, -0.2) is 42.1 Å². The molecule has 1 saturated carbocycles. The van der Waals surface area contributed by atoms with E-state index in [0.717, 1.165) is 25.7 Å². The number of urea groups is 1. The summed E-state index contributed by atoms with van der Waals surface area (Å²) in [6.45, 7) is -0.0569. The predicted octanol–water partition coefficient (Wildman–Crippen LogP) is 1.83. The van der Waals surface area contributed by atoms with Crippen LogP contribution in [0.4, 0.5) is 10.5 Å². The fourth-order valence-electron chi connectivity index (χ4n) is 3.59. The second-order valence-electron chi connectivity index (χ2n) is 6.62. The van der Waals surface area contributed by atoms with Gasteiger partial charge in [-0.3, -0.25) is 9.59 Å². The molecule has 2 aliphatic rings. The smallest absolute Gasteiger partial charge is 0.315 e. The summed E-state index contributed by atoms with van der Waals surface area (Å²) < 4.78 is 0. The number of nitrogens with zero attached hydrogens (tertiary/aromatic N) is 1. The van der Waals surface area contributed by atoms with E-state index in [1.807, 2.05) is 0 Å². The Morgan fingerprint density at radius 1 is 1.12 bits per heavy atom. The minimum absolute atomic E-state index is 0.0967. The quantitative estimate of drug-likeness (QED) is 0.775. The Kier molecular flexibility index (Phi) is 5.21. The molecule has 3 amide bonds. The van der Waals surface area contributed by atoms with Gasteiger partial charge in [0.15, 0.2) is 0 Å². The van der Waals surface area contributed by atoms with E-state index in [9.17, 15) is 19.5 Å². The Balaban J connectivity index is 1.56. The molecular weight excluding hydrogens is 322 g/mol. The van der Waals surface area contributed by atoms with Crippen molar-refractivity contribution < 1.29 is 19.5 Å². The summed E-state index contributed by atoms with van der Waals surface area (Å²) >= 11 is 0. The van der Waals surface area contributed by atoms with Crippen LogP contribution in [0.25, 0.3) is 0 Å². The van der Waals surface area contributed by atoms with E-state index < -0.39 is 11.9 Å². The van der Waals surface area contributed by atoms with Gasteiger partial charge in [0.1, 0.15) is 5.92 Å². The molecule has 7 nitrogen and oxygen atoms in total. The van der Waals surface area contributed by atoms with Crippen LogP contribution in [0.1, 0.15) is 43.6 Å². The normalized spacial score (nSPS) is 20.0. The first-order valence-electron chi connectivity index (χ1n) is 8.72. The van der Waals surface area contributed by atoms with Gasteiger partial charge in [-0.05, 0) is 24.5 Å². The molecule has 3 N–H and O–H groups in total. The lowest BCUT2D eigenvalue weighted by molar-refractivity contribution is -0.138. The molecule has 1 unspecified atom stereocenters. The molecule has 7 heteroatoms. The molecule has 1 heterocycles. The number of fused-ring (bicyclic) bond motifs is 1. The van der Waals surface area contributed by atoms with Crippen molar-refractivity contribution in [2.75, 3.05) is 18.0 Å². The van der Waals surface area contributed by atoms with Crippen molar-refractivity contribution in [2.24, 2.45) is 0 Å². The number of para-hydroxylation sites is 1. The van der Waals surface area contributed by atoms with Gasteiger partial charge in [0.2, 0.25) is 5.91 Å². The molecule has 25 heavy (non-hydrogen) atoms. The first-order chi connectivity index (χ1) is 12.1. The molecule has 1 aromatic carbocycles. The average molecular weight is 345 g/mol. The minimum atomic E-state index is -0.953. The van der Waals surface area contributed by atoms with Gasteiger partial charge in [0.05, 0.1) is 6.54 Å². The number of carbonyl (C=O) groups is 3. The second kappa shape index (κ2) is 7.55. The number of aliphatic carboxylic acids is 1. The Hall–Kier alpha value is -2.57. The van der Waals surface area contributed by atoms with Crippen LogP contribution in [0.3, 0.4) is 0 Å². The van der Waals surface area contributed by atoms with Crippen molar-refractivity contribution in [2.45, 2.75) is 44.1 Å². The maximum atomic E-state index is 12.5. The predicted molar refractivity (Wildman–Crippen MR) is 92.6 cm³/mol. The zero-order valence-electron chi connectivity index (χ0n) is 14.0. The third-order valence-corrected chi connectivity index (χ3v) is 4.91. The highest BCUT2D eigenvalue weighted by atomic mass is 16.4. The summed E-state index contributed by atoms with van der Waals surface area (Å²) in [5, 5.41) is 14.8. The van der Waals surface area contributed by atoms with E-state index >= 15 is 0 Å². The Labute approximate surface area is 146 Å². The number of carbonyl (C=O) groups excluding carboxylic acids is 2. The summed E-state index contributed by atoms with van der Waals surface area (Å²) in [6.07, 6.45) is 5.38. The van der Waals surface area contributed by atoms with E-state index in [1.54, 1.807) is 24.3 Å². The number of hydrogen-bond acceptors (Lipinski definition) is 3. The van der Waals surface area contributed by atoms with Crippen LogP contribution >= 0.6 is 0 Å². The van der Waals surface area contributed by atoms with E-state index in [1.165, 1.54) is 11.3 Å². The van der Waals surface area contributed by atoms with Gasteiger partial charge >= 0.3 is 12.0 Å². The fourth-order valence-corrected chi connectivity index (χ4v) is 3.59. The average Bonchev–Trinajstić information content (AvgIpc) is 3.00. The number of benzene rings is 1. The summed E-state index contributed by atoms with van der Waals surface area (Å²) in [6, 6.07) is 6.82. The van der Waals surface area contributed by atoms with E-state index in [4.69, 9.17) is 0 Å². The first kappa shape index (κ1) is 17.3. The SMILES string of the molecule is O=C(NCC(=O)N1CC(C(=O)O)c2ccccc21)NC1CCCCC1. The van der Waals surface area contributed by atoms with Gasteiger partial charge in [0, 0.05) is 18.3 Å². The lowest BCUT2D eigenvalue weighted by Gasteiger charge is -2.23. The number of hydrogen-bond donors (Lipinski definition) is 3. The number of carboxylic acid groups (broad SMARTS) is 1. The fraction of sp³-hybridized carbons (Fsp3) is 0.500. The summed E-state index contributed by atoms with van der Waals surface area (Å²) in [7, 11) is 0. The van der Waals surface area contributed by atoms with Gasteiger partial charge in [0.25, 0.3) is 0 Å². The molecule has 1 aromatic rings. The maximum absolute atomic E-state index is 12.5. The van der Waals surface area contributed by atoms with Crippen molar-refractivity contribution in [1.29, 1.82) is 0 Å². The van der Waals surface area contributed by atoms with Gasteiger partial charge < -0.3 is 20.6 Å². The highest BCUT2D eigenvalue weighted by Crippen LogP contribution is 2.36. The topological polar surface area (TPSA) is 98.7 Å². The second-order valence-corrected chi connectivity index (χ2v) is 6.62. The minimum Gasteiger partial charge on any atom is -0.481 e. The zero-order valence-corrected chi connectivity index (χ0v) is 14.0. The summed E-state index contributed by atoms with van der Waals surface area (Å²) in [5.41, 5.74) is 1.24. The van der Waals surface area contributed by atoms with E-state index in [2.05, 4.69) is 10.6 Å². The summed E-state index contributed by atoms with van der Waals surface area (Å²) in [5.74, 6) is -1.99. The Bertz CT molecular complexity index is 670. The molecule has 0 spiro atoms. The van der Waals surface area contributed by atoms with Gasteiger partial charge in [-0.1, -0.05) is 37.5 Å². The number of nitrogens with one attached hydrogen (secondary N) is 2. The molecule has 0 aromatic heterocycles. The lowest BCUT2D eigenvalue weighted by atomic mass is 9.96. The van der Waals surface area contributed by atoms with Crippen LogP contribution in [0, 0.1) is 0 Å². The Morgan fingerprint density at radius 3 is 2.56 bits per heavy atom. The molecule has 0 radical (unpaired) electrons. The van der Waals surface area contributed by atoms with Crippen molar-refractivity contribution >= 4 is 23.6 Å². The number of amides is 3. The molecule has 3 rings (SSSR count). The number of carboxylic acids is 1. The van der Waals surface area contributed by atoms with Gasteiger partial charge in [-0.2, -0.15) is 0 Å². The van der Waals surface area contributed by atoms with E-state index in [0.29, 0.717) is 11.3 Å². The van der Waals surface area contributed by atoms with Gasteiger partial charge in [-0.15, -0.1) is 0 Å². The molecule has 134 valence electrons. The van der Waals surface area contributed by atoms with Crippen molar-refractivity contribution in [3.63, 3.8) is 0 Å². The third kappa shape index (κ3) is 3.92. The lowest BCUT2D eigenvalue weighted by Crippen LogP contribution is -2.47. The maximum Gasteiger partial charge on any atom is 0.315 e. The molecule has 1 fully saturated rings. The highest BCUT2D eigenvalue weighted by Gasteiger charge is 2.36. The van der Waals surface area contributed by atoms with Crippen molar-refractivity contribution in [1.82, 2.24) is 10.6 Å². The van der Waals surface area contributed by atoms with Crippen LogP contribution in [0.2, 0.25) is 0 Å². The highest BCUT2D eigenvalue weighted by molar-refractivity contribution is 6.01. The van der Waals surface area contributed by atoms with Crippen molar-refractivity contribution in [3.05, 3.63) is 29.8 Å². The molecule has 0 bridgehead atoms. The molecule has 1 aliphatic heterocycles. The van der Waals surface area contributed by atoms with Crippen LogP contribution in [-0.2, 0) is 9.59 Å². The molecular formula is C18H23N3O4. The first-order valence-corrected chi connectivity index (χ1v) is 8.72. The standard InChI is InChI=1S/C18H23N3O4/c22-16(10-19-18(25)20-12-6-2-1-3-7-12)21-11-14(17(23)24)13-8-4-5-9-15(13)21/h4-5,8-9,12,14H,1-3,6-7,10-11H2,(H,23,24)(H2,19,20,25). The molecule has 1 atom stereocenters. The van der Waals surface area contributed by atoms with Crippen LogP contribution in [0.15, 0.2) is 24.3 Å². The monoisotopic (exact) mass is 345 g/mol. The van der Waals surface area contributed by atoms with Crippen LogP contribution < -0.4 is 15.5 Å². The molecule has 0 saturated heterocycles. The van der Waals surface area contributed by atoms with Gasteiger partial charge in [-0.25, -0.2) is 4.79 Å². The van der Waals surface area contributed by atoms with E-state index in [-0.39, 0.29) is 31.1 Å². The Morgan fingerprint density at radius 2 is 1.84 bits per heavy atom. The third-order valence-electron chi connectivity index (χ3n) is 4.91.